The zero-order valence-corrected chi connectivity index (χ0v) is 10.9. The molecule has 0 fully saturated rings. The van der Waals surface area contributed by atoms with Gasteiger partial charge in [0.2, 0.25) is 5.88 Å². The van der Waals surface area contributed by atoms with E-state index in [0.717, 1.165) is 29.1 Å². The number of ether oxygens (including phenoxy) is 1. The van der Waals surface area contributed by atoms with E-state index in [9.17, 15) is 0 Å². The average Bonchev–Trinajstić information content (AvgIpc) is 2.41. The van der Waals surface area contributed by atoms with Gasteiger partial charge in [0.25, 0.3) is 0 Å². The summed E-state index contributed by atoms with van der Waals surface area (Å²) in [5, 5.41) is 3.32. The van der Waals surface area contributed by atoms with Crippen molar-refractivity contribution in [1.29, 1.82) is 0 Å². The molecule has 18 heavy (non-hydrogen) atoms. The third kappa shape index (κ3) is 2.59. The van der Waals surface area contributed by atoms with Gasteiger partial charge in [-0.1, -0.05) is 6.92 Å². The van der Waals surface area contributed by atoms with E-state index in [2.05, 4.69) is 28.3 Å². The van der Waals surface area contributed by atoms with Gasteiger partial charge in [-0.3, -0.25) is 4.98 Å². The van der Waals surface area contributed by atoms with Gasteiger partial charge in [-0.25, -0.2) is 4.98 Å². The quantitative estimate of drug-likeness (QED) is 0.896. The standard InChI is InChI=1S/C14H17N3O/c1-4-11-8-13(10(2)16-14(11)18-3)17-12-6-5-7-15-9-12/h5-9,17H,4H2,1-3H3. The molecule has 0 aromatic carbocycles. The smallest absolute Gasteiger partial charge is 0.216 e. The van der Waals surface area contributed by atoms with Crippen LogP contribution >= 0.6 is 0 Å². The number of aromatic nitrogens is 2. The zero-order chi connectivity index (χ0) is 13.0. The van der Waals surface area contributed by atoms with E-state index in [-0.39, 0.29) is 0 Å². The normalized spacial score (nSPS) is 10.2. The fourth-order valence-electron chi connectivity index (χ4n) is 1.77. The molecule has 2 heterocycles. The van der Waals surface area contributed by atoms with E-state index in [0.29, 0.717) is 5.88 Å². The Bertz CT molecular complexity index is 526. The van der Waals surface area contributed by atoms with Crippen LogP contribution in [0, 0.1) is 6.92 Å². The highest BCUT2D eigenvalue weighted by molar-refractivity contribution is 5.62. The minimum Gasteiger partial charge on any atom is -0.481 e. The summed E-state index contributed by atoms with van der Waals surface area (Å²) in [5.41, 5.74) is 3.94. The summed E-state index contributed by atoms with van der Waals surface area (Å²) < 4.78 is 5.27. The highest BCUT2D eigenvalue weighted by Crippen LogP contribution is 2.25. The van der Waals surface area contributed by atoms with E-state index in [1.54, 1.807) is 19.5 Å². The fraction of sp³-hybridized carbons (Fsp3) is 0.286. The minimum atomic E-state index is 0.701. The van der Waals surface area contributed by atoms with Crippen LogP contribution in [0.2, 0.25) is 0 Å². The van der Waals surface area contributed by atoms with Crippen molar-refractivity contribution >= 4 is 11.4 Å². The number of pyridine rings is 2. The first-order valence-electron chi connectivity index (χ1n) is 5.96. The lowest BCUT2D eigenvalue weighted by Crippen LogP contribution is -2.01. The Morgan fingerprint density at radius 3 is 2.83 bits per heavy atom. The van der Waals surface area contributed by atoms with E-state index < -0.39 is 0 Å². The average molecular weight is 243 g/mol. The summed E-state index contributed by atoms with van der Waals surface area (Å²) in [6.45, 7) is 4.05. The third-order valence-corrected chi connectivity index (χ3v) is 2.77. The van der Waals surface area contributed by atoms with Gasteiger partial charge in [0.1, 0.15) is 0 Å². The van der Waals surface area contributed by atoms with Gasteiger partial charge in [0, 0.05) is 11.8 Å². The van der Waals surface area contributed by atoms with Gasteiger partial charge in [-0.2, -0.15) is 0 Å². The second kappa shape index (κ2) is 5.49. The van der Waals surface area contributed by atoms with Crippen LogP contribution < -0.4 is 10.1 Å². The monoisotopic (exact) mass is 243 g/mol. The van der Waals surface area contributed by atoms with Crippen LogP contribution in [0.3, 0.4) is 0 Å². The molecule has 0 atom stereocenters. The predicted octanol–water partition coefficient (Wildman–Crippen LogP) is 3.10. The van der Waals surface area contributed by atoms with Crippen molar-refractivity contribution in [3.05, 3.63) is 41.9 Å². The number of methoxy groups -OCH3 is 1. The highest BCUT2D eigenvalue weighted by Gasteiger charge is 2.08. The Morgan fingerprint density at radius 1 is 1.39 bits per heavy atom. The van der Waals surface area contributed by atoms with Crippen molar-refractivity contribution in [1.82, 2.24) is 9.97 Å². The van der Waals surface area contributed by atoms with Gasteiger partial charge >= 0.3 is 0 Å². The van der Waals surface area contributed by atoms with Crippen LogP contribution in [-0.4, -0.2) is 17.1 Å². The molecule has 0 unspecified atom stereocenters. The maximum atomic E-state index is 5.27. The Labute approximate surface area is 107 Å². The van der Waals surface area contributed by atoms with Gasteiger partial charge in [-0.05, 0) is 31.5 Å². The summed E-state index contributed by atoms with van der Waals surface area (Å²) >= 11 is 0. The number of aryl methyl sites for hydroxylation is 2. The Hall–Kier alpha value is -2.10. The largest absolute Gasteiger partial charge is 0.481 e. The lowest BCUT2D eigenvalue weighted by Gasteiger charge is -2.13. The highest BCUT2D eigenvalue weighted by atomic mass is 16.5. The first-order chi connectivity index (χ1) is 8.74. The van der Waals surface area contributed by atoms with Gasteiger partial charge in [0.15, 0.2) is 0 Å². The second-order valence-electron chi connectivity index (χ2n) is 4.01. The molecule has 0 aliphatic rings. The maximum Gasteiger partial charge on any atom is 0.216 e. The second-order valence-corrected chi connectivity index (χ2v) is 4.01. The summed E-state index contributed by atoms with van der Waals surface area (Å²) in [5.74, 6) is 0.701. The van der Waals surface area contributed by atoms with Crippen LogP contribution in [0.5, 0.6) is 5.88 Å². The van der Waals surface area contributed by atoms with Crippen molar-refractivity contribution in [2.45, 2.75) is 20.3 Å². The van der Waals surface area contributed by atoms with E-state index in [4.69, 9.17) is 4.74 Å². The van der Waals surface area contributed by atoms with Gasteiger partial charge in [0.05, 0.1) is 30.4 Å². The Balaban J connectivity index is 2.33. The molecule has 94 valence electrons. The van der Waals surface area contributed by atoms with Crippen molar-refractivity contribution in [2.24, 2.45) is 0 Å². The molecule has 0 aliphatic carbocycles. The SMILES string of the molecule is CCc1cc(Nc2cccnc2)c(C)nc1OC. The Morgan fingerprint density at radius 2 is 2.22 bits per heavy atom. The molecule has 4 nitrogen and oxygen atoms in total. The summed E-state index contributed by atoms with van der Waals surface area (Å²) in [4.78, 5) is 8.53. The molecule has 2 aromatic heterocycles. The minimum absolute atomic E-state index is 0.701. The molecule has 0 aliphatic heterocycles. The van der Waals surface area contributed by atoms with Gasteiger partial charge in [-0.15, -0.1) is 0 Å². The van der Waals surface area contributed by atoms with Crippen LogP contribution in [0.4, 0.5) is 11.4 Å². The van der Waals surface area contributed by atoms with Crippen LogP contribution in [0.1, 0.15) is 18.2 Å². The van der Waals surface area contributed by atoms with Crippen molar-refractivity contribution in [2.75, 3.05) is 12.4 Å². The van der Waals surface area contributed by atoms with Crippen molar-refractivity contribution in [3.8, 4) is 5.88 Å². The van der Waals surface area contributed by atoms with E-state index in [1.165, 1.54) is 0 Å². The summed E-state index contributed by atoms with van der Waals surface area (Å²) in [7, 11) is 1.65. The molecule has 2 aromatic rings. The third-order valence-electron chi connectivity index (χ3n) is 2.77. The molecular weight excluding hydrogens is 226 g/mol. The van der Waals surface area contributed by atoms with Crippen molar-refractivity contribution < 1.29 is 4.74 Å². The molecule has 1 N–H and O–H groups in total. The molecule has 0 radical (unpaired) electrons. The van der Waals surface area contributed by atoms with Crippen LogP contribution in [0.25, 0.3) is 0 Å². The lowest BCUT2D eigenvalue weighted by atomic mass is 10.1. The molecule has 4 heteroatoms. The van der Waals surface area contributed by atoms with E-state index in [1.807, 2.05) is 19.1 Å². The number of nitrogens with zero attached hydrogens (tertiary/aromatic N) is 2. The number of anilines is 2. The van der Waals surface area contributed by atoms with E-state index >= 15 is 0 Å². The predicted molar refractivity (Wildman–Crippen MR) is 72.4 cm³/mol. The first-order valence-corrected chi connectivity index (χ1v) is 5.96. The molecule has 0 spiro atoms. The number of rotatable bonds is 4. The Kier molecular flexibility index (Phi) is 3.77. The molecule has 0 saturated heterocycles. The summed E-state index contributed by atoms with van der Waals surface area (Å²) in [6, 6.07) is 5.95. The van der Waals surface area contributed by atoms with Crippen molar-refractivity contribution in [3.63, 3.8) is 0 Å². The molecule has 0 amide bonds. The number of hydrogen-bond donors (Lipinski definition) is 1. The van der Waals surface area contributed by atoms with Gasteiger partial charge < -0.3 is 10.1 Å². The topological polar surface area (TPSA) is 47.0 Å². The van der Waals surface area contributed by atoms with Crippen LogP contribution in [0.15, 0.2) is 30.6 Å². The number of hydrogen-bond acceptors (Lipinski definition) is 4. The molecule has 0 bridgehead atoms. The number of nitrogens with one attached hydrogen (secondary N) is 1. The summed E-state index contributed by atoms with van der Waals surface area (Å²) in [6.07, 6.45) is 4.43. The first kappa shape index (κ1) is 12.4. The molecule has 0 saturated carbocycles. The molecule has 2 rings (SSSR count). The van der Waals surface area contributed by atoms with Crippen LogP contribution in [-0.2, 0) is 6.42 Å². The fourth-order valence-corrected chi connectivity index (χ4v) is 1.77. The zero-order valence-electron chi connectivity index (χ0n) is 10.9. The maximum absolute atomic E-state index is 5.27. The molecular formula is C14H17N3O. The lowest BCUT2D eigenvalue weighted by molar-refractivity contribution is 0.392.